The maximum absolute atomic E-state index is 12.1. The minimum Gasteiger partial charge on any atom is -0.316 e. The van der Waals surface area contributed by atoms with E-state index in [1.165, 1.54) is 12.8 Å². The summed E-state index contributed by atoms with van der Waals surface area (Å²) < 4.78 is 0. The maximum Gasteiger partial charge on any atom is 0.314 e. The minimum absolute atomic E-state index is 0.0699. The Morgan fingerprint density at radius 3 is 2.33 bits per heavy atom. The molecule has 0 aliphatic carbocycles. The largest absolute Gasteiger partial charge is 0.316 e. The van der Waals surface area contributed by atoms with Gasteiger partial charge in [0.25, 0.3) is 0 Å². The summed E-state index contributed by atoms with van der Waals surface area (Å²) in [5, 5.41) is 0. The van der Waals surface area contributed by atoms with Gasteiger partial charge in [0.15, 0.2) is 5.78 Å². The van der Waals surface area contributed by atoms with E-state index in [2.05, 4.69) is 16.9 Å². The first kappa shape index (κ1) is 15.2. The molecule has 0 bridgehead atoms. The molecular formula is C16H20N2O3. The summed E-state index contributed by atoms with van der Waals surface area (Å²) in [6, 6.07) is 4.96. The first-order valence-corrected chi connectivity index (χ1v) is 7.41. The van der Waals surface area contributed by atoms with Crippen LogP contribution in [0, 0.1) is 0 Å². The zero-order valence-corrected chi connectivity index (χ0v) is 12.2. The number of unbranched alkanes of at least 4 members (excludes halogenated alkanes) is 4. The molecule has 2 N–H and O–H groups in total. The Bertz CT molecular complexity index is 743. The van der Waals surface area contributed by atoms with Crippen LogP contribution in [0.5, 0.6) is 0 Å². The van der Waals surface area contributed by atoms with Crippen molar-refractivity contribution < 1.29 is 4.79 Å². The fourth-order valence-electron chi connectivity index (χ4n) is 2.32. The van der Waals surface area contributed by atoms with Crippen molar-refractivity contribution in [1.82, 2.24) is 9.97 Å². The normalized spacial score (nSPS) is 10.9. The Morgan fingerprint density at radius 1 is 0.952 bits per heavy atom. The monoisotopic (exact) mass is 288 g/mol. The standard InChI is InChI=1S/C16H20N2O3/c1-2-3-4-5-6-7-14(19)11-8-9-12-13(10-11)18-16(21)15(20)17-12/h8-10H,2-7H2,1H3,(H,17,20)(H,18,21). The highest BCUT2D eigenvalue weighted by Crippen LogP contribution is 2.13. The van der Waals surface area contributed by atoms with E-state index in [1.807, 2.05) is 0 Å². The number of hydrogen-bond acceptors (Lipinski definition) is 3. The van der Waals surface area contributed by atoms with Crippen LogP contribution < -0.4 is 11.1 Å². The van der Waals surface area contributed by atoms with Gasteiger partial charge in [-0.15, -0.1) is 0 Å². The van der Waals surface area contributed by atoms with Crippen LogP contribution in [0.4, 0.5) is 0 Å². The summed E-state index contributed by atoms with van der Waals surface area (Å²) in [5.74, 6) is 0.0699. The number of aromatic amines is 2. The average Bonchev–Trinajstić information content (AvgIpc) is 2.47. The molecule has 112 valence electrons. The first-order chi connectivity index (χ1) is 10.1. The van der Waals surface area contributed by atoms with E-state index in [0.717, 1.165) is 19.3 Å². The third-order valence-corrected chi connectivity index (χ3v) is 3.55. The van der Waals surface area contributed by atoms with Crippen molar-refractivity contribution in [3.8, 4) is 0 Å². The average molecular weight is 288 g/mol. The van der Waals surface area contributed by atoms with E-state index >= 15 is 0 Å². The molecule has 0 fully saturated rings. The quantitative estimate of drug-likeness (QED) is 0.467. The van der Waals surface area contributed by atoms with Crippen LogP contribution in [0.25, 0.3) is 11.0 Å². The number of nitrogens with one attached hydrogen (secondary N) is 2. The van der Waals surface area contributed by atoms with Gasteiger partial charge in [-0.2, -0.15) is 0 Å². The summed E-state index contributed by atoms with van der Waals surface area (Å²) in [5.41, 5.74) is 0.195. The van der Waals surface area contributed by atoms with Crippen molar-refractivity contribution in [3.63, 3.8) is 0 Å². The third-order valence-electron chi connectivity index (χ3n) is 3.55. The second-order valence-corrected chi connectivity index (χ2v) is 5.26. The number of benzene rings is 1. The van der Waals surface area contributed by atoms with Crippen LogP contribution in [0.3, 0.4) is 0 Å². The van der Waals surface area contributed by atoms with Crippen molar-refractivity contribution in [2.75, 3.05) is 0 Å². The number of hydrogen-bond donors (Lipinski definition) is 2. The number of carbonyl (C=O) groups excluding carboxylic acids is 1. The maximum atomic E-state index is 12.1. The molecule has 1 aromatic heterocycles. The molecular weight excluding hydrogens is 268 g/mol. The van der Waals surface area contributed by atoms with Gasteiger partial charge in [-0.05, 0) is 24.6 Å². The molecule has 1 heterocycles. The lowest BCUT2D eigenvalue weighted by molar-refractivity contribution is 0.0979. The van der Waals surface area contributed by atoms with Crippen LogP contribution in [-0.2, 0) is 0 Å². The second kappa shape index (κ2) is 7.02. The van der Waals surface area contributed by atoms with Gasteiger partial charge in [0.2, 0.25) is 0 Å². The third kappa shape index (κ3) is 3.90. The Balaban J connectivity index is 2.08. The molecule has 0 amide bonds. The summed E-state index contributed by atoms with van der Waals surface area (Å²) in [4.78, 5) is 39.6. The molecule has 0 spiro atoms. The molecule has 0 saturated heterocycles. The molecule has 2 rings (SSSR count). The summed E-state index contributed by atoms with van der Waals surface area (Å²) in [7, 11) is 0. The van der Waals surface area contributed by atoms with Crippen LogP contribution >= 0.6 is 0 Å². The summed E-state index contributed by atoms with van der Waals surface area (Å²) >= 11 is 0. The van der Waals surface area contributed by atoms with Gasteiger partial charge >= 0.3 is 11.1 Å². The van der Waals surface area contributed by atoms with Crippen LogP contribution in [0.2, 0.25) is 0 Å². The highest BCUT2D eigenvalue weighted by Gasteiger charge is 2.07. The number of carbonyl (C=O) groups is 1. The smallest absolute Gasteiger partial charge is 0.314 e. The van der Waals surface area contributed by atoms with Gasteiger partial charge in [-0.1, -0.05) is 32.6 Å². The van der Waals surface area contributed by atoms with Crippen molar-refractivity contribution in [2.45, 2.75) is 45.4 Å². The van der Waals surface area contributed by atoms with Crippen molar-refractivity contribution in [3.05, 3.63) is 44.5 Å². The predicted molar refractivity (Wildman–Crippen MR) is 82.9 cm³/mol. The fourth-order valence-corrected chi connectivity index (χ4v) is 2.32. The van der Waals surface area contributed by atoms with Crippen LogP contribution in [-0.4, -0.2) is 15.8 Å². The molecule has 1 aromatic carbocycles. The van der Waals surface area contributed by atoms with Crippen molar-refractivity contribution in [2.24, 2.45) is 0 Å². The molecule has 0 unspecified atom stereocenters. The van der Waals surface area contributed by atoms with Crippen LogP contribution in [0.1, 0.15) is 55.8 Å². The fraction of sp³-hybridized carbons (Fsp3) is 0.438. The molecule has 0 atom stereocenters. The van der Waals surface area contributed by atoms with Crippen LogP contribution in [0.15, 0.2) is 27.8 Å². The predicted octanol–water partition coefficient (Wildman–Crippen LogP) is 2.76. The molecule has 5 nitrogen and oxygen atoms in total. The highest BCUT2D eigenvalue weighted by molar-refractivity contribution is 5.98. The van der Waals surface area contributed by atoms with Gasteiger partial charge in [0.1, 0.15) is 0 Å². The van der Waals surface area contributed by atoms with Gasteiger partial charge in [-0.25, -0.2) is 0 Å². The number of aromatic nitrogens is 2. The highest BCUT2D eigenvalue weighted by atomic mass is 16.2. The number of H-pyrrole nitrogens is 2. The zero-order chi connectivity index (χ0) is 15.2. The lowest BCUT2D eigenvalue weighted by atomic mass is 10.0. The molecule has 2 aromatic rings. The molecule has 21 heavy (non-hydrogen) atoms. The molecule has 0 aliphatic rings. The Hall–Kier alpha value is -2.17. The molecule has 0 radical (unpaired) electrons. The Morgan fingerprint density at radius 2 is 1.62 bits per heavy atom. The SMILES string of the molecule is CCCCCCCC(=O)c1ccc2[nH]c(=O)c(=O)[nH]c2c1. The lowest BCUT2D eigenvalue weighted by Crippen LogP contribution is -2.28. The second-order valence-electron chi connectivity index (χ2n) is 5.26. The Kier molecular flexibility index (Phi) is 5.09. The van der Waals surface area contributed by atoms with E-state index in [9.17, 15) is 14.4 Å². The summed E-state index contributed by atoms with van der Waals surface area (Å²) in [6.07, 6.45) is 6.03. The van der Waals surface area contributed by atoms with E-state index in [1.54, 1.807) is 18.2 Å². The van der Waals surface area contributed by atoms with E-state index in [4.69, 9.17) is 0 Å². The van der Waals surface area contributed by atoms with Gasteiger partial charge in [-0.3, -0.25) is 14.4 Å². The first-order valence-electron chi connectivity index (χ1n) is 7.41. The number of fused-ring (bicyclic) bond motifs is 1. The van der Waals surface area contributed by atoms with Gasteiger partial charge in [0, 0.05) is 12.0 Å². The molecule has 5 heteroatoms. The lowest BCUT2D eigenvalue weighted by Gasteiger charge is -2.03. The number of Topliss-reactive ketones (excluding diaryl/α,β-unsaturated/α-hetero) is 1. The van der Waals surface area contributed by atoms with Crippen molar-refractivity contribution in [1.29, 1.82) is 0 Å². The zero-order valence-electron chi connectivity index (χ0n) is 12.2. The summed E-state index contributed by atoms with van der Waals surface area (Å²) in [6.45, 7) is 2.16. The molecule has 0 aliphatic heterocycles. The Labute approximate surface area is 122 Å². The van der Waals surface area contributed by atoms with E-state index in [-0.39, 0.29) is 5.78 Å². The van der Waals surface area contributed by atoms with Crippen molar-refractivity contribution >= 4 is 16.8 Å². The minimum atomic E-state index is -0.702. The van der Waals surface area contributed by atoms with Gasteiger partial charge < -0.3 is 9.97 Å². The van der Waals surface area contributed by atoms with E-state index < -0.39 is 11.1 Å². The number of rotatable bonds is 7. The van der Waals surface area contributed by atoms with Gasteiger partial charge in [0.05, 0.1) is 11.0 Å². The topological polar surface area (TPSA) is 82.8 Å². The number of ketones is 1. The molecule has 0 saturated carbocycles. The van der Waals surface area contributed by atoms with E-state index in [0.29, 0.717) is 23.0 Å².